The van der Waals surface area contributed by atoms with Crippen molar-refractivity contribution in [3.05, 3.63) is 17.8 Å². The monoisotopic (exact) mass is 443 g/mol. The molecule has 0 spiro atoms. The average Bonchev–Trinajstić information content (AvgIpc) is 3.28. The highest BCUT2D eigenvalue weighted by Crippen LogP contribution is 2.28. The van der Waals surface area contributed by atoms with Crippen molar-refractivity contribution in [2.75, 3.05) is 6.54 Å². The number of hydrogen-bond donors (Lipinski definition) is 3. The van der Waals surface area contributed by atoms with Gasteiger partial charge in [-0.3, -0.25) is 14.4 Å². The fraction of sp³-hybridized carbons (Fsp3) is 0.632. The van der Waals surface area contributed by atoms with E-state index in [9.17, 15) is 32.8 Å². The van der Waals surface area contributed by atoms with Crippen molar-refractivity contribution >= 4 is 17.7 Å². The molecule has 0 aliphatic carbocycles. The van der Waals surface area contributed by atoms with Crippen LogP contribution in [0.4, 0.5) is 13.2 Å². The Bertz CT molecular complexity index is 869. The zero-order chi connectivity index (χ0) is 23.4. The lowest BCUT2D eigenvalue weighted by molar-refractivity contribution is -0.157. The summed E-state index contributed by atoms with van der Waals surface area (Å²) in [7, 11) is 0. The normalized spacial score (nSPS) is 18.6. The molecule has 2 heterocycles. The lowest BCUT2D eigenvalue weighted by atomic mass is 9.87. The van der Waals surface area contributed by atoms with Gasteiger partial charge in [-0.15, -0.1) is 0 Å². The highest BCUT2D eigenvalue weighted by molar-refractivity contribution is 5.96. The standard InChI is InChI=1S/C19H24F3N5O4/c1-18(2,3)7-12(26-16(30)13-9-31-17(27-13)19(20,21)22)15(29)25-11(8-23)6-10-4-5-24-14(10)28/h9-12H,4-7H2,1-3H3,(H,24,28)(H,25,29)(H,26,30)/t10-,11-,12-/m0/s1. The number of halogens is 3. The topological polar surface area (TPSA) is 137 Å². The van der Waals surface area contributed by atoms with Crippen LogP contribution in [0.1, 0.15) is 56.4 Å². The number of alkyl halides is 3. The highest BCUT2D eigenvalue weighted by Gasteiger charge is 2.38. The number of aromatic nitrogens is 1. The molecule has 1 aliphatic rings. The maximum atomic E-state index is 12.8. The van der Waals surface area contributed by atoms with Crippen molar-refractivity contribution in [3.63, 3.8) is 0 Å². The third kappa shape index (κ3) is 6.97. The van der Waals surface area contributed by atoms with Gasteiger partial charge in [0.15, 0.2) is 5.69 Å². The Labute approximate surface area is 176 Å². The number of rotatable bonds is 7. The molecule has 1 aromatic rings. The van der Waals surface area contributed by atoms with Crippen LogP contribution in [0.5, 0.6) is 0 Å². The molecule has 0 aromatic carbocycles. The second-order valence-corrected chi connectivity index (χ2v) is 8.53. The van der Waals surface area contributed by atoms with Crippen LogP contribution in [0, 0.1) is 22.7 Å². The molecule has 1 aliphatic heterocycles. The fourth-order valence-corrected chi connectivity index (χ4v) is 3.13. The Morgan fingerprint density at radius 1 is 1.35 bits per heavy atom. The number of hydrogen-bond acceptors (Lipinski definition) is 6. The van der Waals surface area contributed by atoms with Crippen molar-refractivity contribution in [1.82, 2.24) is 20.9 Å². The predicted molar refractivity (Wildman–Crippen MR) is 100 cm³/mol. The van der Waals surface area contributed by atoms with E-state index >= 15 is 0 Å². The van der Waals surface area contributed by atoms with E-state index in [1.807, 2.05) is 26.8 Å². The number of carbonyl (C=O) groups excluding carboxylic acids is 3. The lowest BCUT2D eigenvalue weighted by Gasteiger charge is -2.27. The molecule has 12 heteroatoms. The van der Waals surface area contributed by atoms with Crippen molar-refractivity contribution in [2.24, 2.45) is 11.3 Å². The van der Waals surface area contributed by atoms with E-state index in [1.165, 1.54) is 0 Å². The van der Waals surface area contributed by atoms with Gasteiger partial charge >= 0.3 is 12.1 Å². The minimum atomic E-state index is -4.85. The summed E-state index contributed by atoms with van der Waals surface area (Å²) in [5.74, 6) is -3.88. The molecule has 3 N–H and O–H groups in total. The molecule has 9 nitrogen and oxygen atoms in total. The van der Waals surface area contributed by atoms with Crippen LogP contribution >= 0.6 is 0 Å². The number of oxazole rings is 1. The summed E-state index contributed by atoms with van der Waals surface area (Å²) in [6.07, 6.45) is -3.50. The number of nitriles is 1. The summed E-state index contributed by atoms with van der Waals surface area (Å²) in [6.45, 7) is 5.92. The maximum Gasteiger partial charge on any atom is 0.468 e. The van der Waals surface area contributed by atoms with Crippen molar-refractivity contribution in [2.45, 2.75) is 58.3 Å². The van der Waals surface area contributed by atoms with E-state index in [-0.39, 0.29) is 18.7 Å². The van der Waals surface area contributed by atoms with Crippen LogP contribution < -0.4 is 16.0 Å². The van der Waals surface area contributed by atoms with E-state index < -0.39 is 53.0 Å². The molecule has 1 saturated heterocycles. The molecule has 31 heavy (non-hydrogen) atoms. The number of nitrogens with zero attached hydrogens (tertiary/aromatic N) is 2. The van der Waals surface area contributed by atoms with Crippen molar-refractivity contribution in [1.29, 1.82) is 5.26 Å². The zero-order valence-electron chi connectivity index (χ0n) is 17.3. The van der Waals surface area contributed by atoms with Gasteiger partial charge in [-0.2, -0.15) is 18.4 Å². The van der Waals surface area contributed by atoms with Crippen molar-refractivity contribution in [3.8, 4) is 6.07 Å². The van der Waals surface area contributed by atoms with Gasteiger partial charge in [0.25, 0.3) is 5.91 Å². The van der Waals surface area contributed by atoms with Gasteiger partial charge in [0.05, 0.1) is 6.07 Å². The second-order valence-electron chi connectivity index (χ2n) is 8.53. The molecule has 3 atom stereocenters. The Hall–Kier alpha value is -3.10. The first-order chi connectivity index (χ1) is 14.3. The highest BCUT2D eigenvalue weighted by atomic mass is 19.4. The number of amides is 3. The van der Waals surface area contributed by atoms with Gasteiger partial charge < -0.3 is 20.4 Å². The summed E-state index contributed by atoms with van der Waals surface area (Å²) < 4.78 is 42.2. The molecule has 0 bridgehead atoms. The minimum absolute atomic E-state index is 0.114. The molecular formula is C19H24F3N5O4. The van der Waals surface area contributed by atoms with E-state index in [4.69, 9.17) is 0 Å². The molecule has 3 amide bonds. The predicted octanol–water partition coefficient (Wildman–Crippen LogP) is 1.76. The largest absolute Gasteiger partial charge is 0.468 e. The number of nitrogens with one attached hydrogen (secondary N) is 3. The second kappa shape index (κ2) is 9.36. The van der Waals surface area contributed by atoms with Gasteiger partial charge in [-0.05, 0) is 24.7 Å². The van der Waals surface area contributed by atoms with E-state index in [0.717, 1.165) is 0 Å². The molecule has 0 saturated carbocycles. The smallest absolute Gasteiger partial charge is 0.441 e. The molecular weight excluding hydrogens is 419 g/mol. The first-order valence-corrected chi connectivity index (χ1v) is 9.61. The summed E-state index contributed by atoms with van der Waals surface area (Å²) in [5.41, 5.74) is -1.07. The van der Waals surface area contributed by atoms with Crippen LogP contribution in [0.2, 0.25) is 0 Å². The fourth-order valence-electron chi connectivity index (χ4n) is 3.13. The van der Waals surface area contributed by atoms with Gasteiger partial charge in [-0.1, -0.05) is 20.8 Å². The molecule has 1 aromatic heterocycles. The van der Waals surface area contributed by atoms with Crippen molar-refractivity contribution < 1.29 is 32.0 Å². The Morgan fingerprint density at radius 3 is 2.52 bits per heavy atom. The van der Waals surface area contributed by atoms with Crippen LogP contribution in [0.25, 0.3) is 0 Å². The Morgan fingerprint density at radius 2 is 2.03 bits per heavy atom. The van der Waals surface area contributed by atoms with Crippen LogP contribution in [-0.4, -0.2) is 41.3 Å². The lowest BCUT2D eigenvalue weighted by Crippen LogP contribution is -2.51. The van der Waals surface area contributed by atoms with E-state index in [0.29, 0.717) is 19.2 Å². The third-order valence-electron chi connectivity index (χ3n) is 4.57. The van der Waals surface area contributed by atoms with Crippen LogP contribution in [0.15, 0.2) is 10.7 Å². The average molecular weight is 443 g/mol. The van der Waals surface area contributed by atoms with Gasteiger partial charge in [0.2, 0.25) is 11.8 Å². The molecule has 2 rings (SSSR count). The Balaban J connectivity index is 2.10. The summed E-state index contributed by atoms with van der Waals surface area (Å²) >= 11 is 0. The Kier molecular flexibility index (Phi) is 7.30. The SMILES string of the molecule is CC(C)(C)C[C@H](NC(=O)c1coc(C(F)(F)F)n1)C(=O)N[C@H](C#N)C[C@@H]1CCNC1=O. The number of carbonyl (C=O) groups is 3. The van der Waals surface area contributed by atoms with E-state index in [1.54, 1.807) is 0 Å². The minimum Gasteiger partial charge on any atom is -0.441 e. The van der Waals surface area contributed by atoms with Crippen LogP contribution in [-0.2, 0) is 15.8 Å². The van der Waals surface area contributed by atoms with Gasteiger partial charge in [-0.25, -0.2) is 4.98 Å². The third-order valence-corrected chi connectivity index (χ3v) is 4.57. The van der Waals surface area contributed by atoms with Crippen LogP contribution in [0.3, 0.4) is 0 Å². The molecule has 1 fully saturated rings. The summed E-state index contributed by atoms with van der Waals surface area (Å²) in [5, 5.41) is 16.9. The van der Waals surface area contributed by atoms with Gasteiger partial charge in [0, 0.05) is 12.5 Å². The first kappa shape index (κ1) is 24.2. The maximum absolute atomic E-state index is 12.8. The van der Waals surface area contributed by atoms with Gasteiger partial charge in [0.1, 0.15) is 18.3 Å². The molecule has 0 unspecified atom stereocenters. The van der Waals surface area contributed by atoms with E-state index in [2.05, 4.69) is 25.4 Å². The molecule has 0 radical (unpaired) electrons. The summed E-state index contributed by atoms with van der Waals surface area (Å²) in [6, 6.07) is -0.188. The zero-order valence-corrected chi connectivity index (χ0v) is 17.3. The summed E-state index contributed by atoms with van der Waals surface area (Å²) in [4.78, 5) is 40.0. The quantitative estimate of drug-likeness (QED) is 0.587. The first-order valence-electron chi connectivity index (χ1n) is 9.61. The molecule has 170 valence electrons.